The molecule has 0 N–H and O–H groups in total. The molecule has 0 saturated carbocycles. The van der Waals surface area contributed by atoms with Crippen molar-refractivity contribution in [1.82, 2.24) is 0 Å². The molecular formula is C85H53N. The Morgan fingerprint density at radius 2 is 0.616 bits per heavy atom. The van der Waals surface area contributed by atoms with Crippen LogP contribution in [0.1, 0.15) is 22.3 Å². The van der Waals surface area contributed by atoms with E-state index in [4.69, 9.17) is 0 Å². The summed E-state index contributed by atoms with van der Waals surface area (Å²) >= 11 is 0. The summed E-state index contributed by atoms with van der Waals surface area (Å²) in [5, 5.41) is 7.56. The molecule has 0 bridgehead atoms. The second-order valence-corrected chi connectivity index (χ2v) is 23.3. The van der Waals surface area contributed by atoms with Crippen molar-refractivity contribution in [2.45, 2.75) is 5.41 Å². The van der Waals surface area contributed by atoms with Crippen LogP contribution in [0.15, 0.2) is 322 Å². The minimum Gasteiger partial charge on any atom is -0.310 e. The maximum atomic E-state index is 2.52. The monoisotopic (exact) mass is 1090 g/mol. The van der Waals surface area contributed by atoms with E-state index in [1.54, 1.807) is 0 Å². The van der Waals surface area contributed by atoms with E-state index in [1.807, 2.05) is 0 Å². The summed E-state index contributed by atoms with van der Waals surface area (Å²) in [6.07, 6.45) is 0. The normalized spacial score (nSPS) is 12.7. The first-order valence-electron chi connectivity index (χ1n) is 30.0. The molecule has 1 spiro atoms. The number of anilines is 3. The summed E-state index contributed by atoms with van der Waals surface area (Å²) in [4.78, 5) is 2.50. The van der Waals surface area contributed by atoms with Crippen LogP contribution in [0, 0.1) is 0 Å². The Hall–Kier alpha value is -11.1. The predicted molar refractivity (Wildman–Crippen MR) is 362 cm³/mol. The van der Waals surface area contributed by atoms with Gasteiger partial charge < -0.3 is 4.90 Å². The summed E-state index contributed by atoms with van der Waals surface area (Å²) in [6, 6.07) is 120. The molecule has 1 nitrogen and oxygen atoms in total. The van der Waals surface area contributed by atoms with Crippen molar-refractivity contribution < 1.29 is 0 Å². The maximum Gasteiger partial charge on any atom is 0.0726 e. The number of para-hydroxylation sites is 1. The molecule has 86 heavy (non-hydrogen) atoms. The van der Waals surface area contributed by atoms with E-state index in [-0.39, 0.29) is 0 Å². The van der Waals surface area contributed by atoms with Crippen LogP contribution in [0.5, 0.6) is 0 Å². The molecule has 0 atom stereocenters. The Balaban J connectivity index is 0.822. The standard InChI is InChI=1S/C85H53N/c1-3-20-54(21-4-1)59-42-46-70-71-47-45-61(53-80(71)85(79(70)52-59)77-37-14-11-31-68(77)69-32-12-15-38-78(69)85)86(81-39-16-13-30-65(81)57-22-5-2-6-23-57)60-43-40-58(41-44-60)64-48-51-76-82-72(64)35-19-36-75(82)83-73(66-33-17-26-55-24-7-9-28-62(55)66)49-50-74(84(76)83)67-34-18-27-56-25-8-10-29-63(56)67/h1-53H. The van der Waals surface area contributed by atoms with Crippen molar-refractivity contribution in [2.24, 2.45) is 0 Å². The first kappa shape index (κ1) is 48.4. The molecule has 0 aromatic heterocycles. The van der Waals surface area contributed by atoms with Crippen LogP contribution in [-0.2, 0) is 5.41 Å². The lowest BCUT2D eigenvalue weighted by atomic mass is 9.70. The van der Waals surface area contributed by atoms with Gasteiger partial charge in [0.05, 0.1) is 11.1 Å². The van der Waals surface area contributed by atoms with Gasteiger partial charge in [0.15, 0.2) is 0 Å². The van der Waals surface area contributed by atoms with Crippen LogP contribution in [-0.4, -0.2) is 0 Å². The van der Waals surface area contributed by atoms with Crippen molar-refractivity contribution in [2.75, 3.05) is 4.90 Å². The Labute approximate surface area is 500 Å². The fraction of sp³-hybridized carbons (Fsp3) is 0.0118. The van der Waals surface area contributed by atoms with E-state index >= 15 is 0 Å². The molecule has 0 unspecified atom stereocenters. The third-order valence-corrected chi connectivity index (χ3v) is 19.0. The predicted octanol–water partition coefficient (Wildman–Crippen LogP) is 22.9. The Kier molecular flexibility index (Phi) is 10.7. The molecule has 0 fully saturated rings. The second-order valence-electron chi connectivity index (χ2n) is 23.3. The van der Waals surface area contributed by atoms with Gasteiger partial charge in [-0.1, -0.05) is 285 Å². The quantitative estimate of drug-likeness (QED) is 0.147. The molecule has 0 aliphatic heterocycles. The van der Waals surface area contributed by atoms with E-state index in [0.717, 1.165) is 22.6 Å². The van der Waals surface area contributed by atoms with Crippen LogP contribution >= 0.6 is 0 Å². The van der Waals surface area contributed by atoms with E-state index in [2.05, 4.69) is 326 Å². The van der Waals surface area contributed by atoms with E-state index in [9.17, 15) is 0 Å². The third kappa shape index (κ3) is 7.00. The molecule has 0 radical (unpaired) electrons. The van der Waals surface area contributed by atoms with Crippen LogP contribution in [0.3, 0.4) is 0 Å². The van der Waals surface area contributed by atoms with Crippen molar-refractivity contribution in [3.05, 3.63) is 344 Å². The van der Waals surface area contributed by atoms with Gasteiger partial charge in [-0.3, -0.25) is 0 Å². The zero-order chi connectivity index (χ0) is 56.5. The molecule has 3 aliphatic carbocycles. The van der Waals surface area contributed by atoms with Gasteiger partial charge in [0.2, 0.25) is 0 Å². The molecule has 0 saturated heterocycles. The van der Waals surface area contributed by atoms with Crippen molar-refractivity contribution in [3.63, 3.8) is 0 Å². The molecule has 1 heteroatoms. The highest BCUT2D eigenvalue weighted by atomic mass is 15.1. The number of rotatable bonds is 8. The molecule has 0 amide bonds. The zero-order valence-corrected chi connectivity index (χ0v) is 47.0. The summed E-state index contributed by atoms with van der Waals surface area (Å²) < 4.78 is 0. The third-order valence-electron chi connectivity index (χ3n) is 19.0. The summed E-state index contributed by atoms with van der Waals surface area (Å²) in [6.45, 7) is 0. The molecule has 15 aromatic rings. The van der Waals surface area contributed by atoms with E-state index in [0.29, 0.717) is 0 Å². The SMILES string of the molecule is c1ccc(-c2ccc3c(c2)C2(c4ccccc4-c4ccccc42)c2cc(N(c4ccc(-c5ccc6c7c(cccc57)-c5c(-c7cccc8ccccc78)ccc(-c7cccc8ccccc78)c5-6)cc4)c4ccccc4-c4ccccc4)ccc2-3)cc1. The lowest BCUT2D eigenvalue weighted by Crippen LogP contribution is -2.26. The van der Waals surface area contributed by atoms with Crippen molar-refractivity contribution in [1.29, 1.82) is 0 Å². The van der Waals surface area contributed by atoms with Gasteiger partial charge in [0.1, 0.15) is 0 Å². The van der Waals surface area contributed by atoms with Gasteiger partial charge in [-0.25, -0.2) is 0 Å². The number of benzene rings is 15. The lowest BCUT2D eigenvalue weighted by molar-refractivity contribution is 0.794. The fourth-order valence-corrected chi connectivity index (χ4v) is 15.4. The fourth-order valence-electron chi connectivity index (χ4n) is 15.4. The number of hydrogen-bond acceptors (Lipinski definition) is 1. The highest BCUT2D eigenvalue weighted by molar-refractivity contribution is 6.25. The minimum absolute atomic E-state index is 0.548. The average Bonchev–Trinajstić information content (AvgIpc) is 1.54. The van der Waals surface area contributed by atoms with E-state index in [1.165, 1.54) is 149 Å². The molecule has 0 heterocycles. The van der Waals surface area contributed by atoms with Gasteiger partial charge in [-0.05, 0) is 186 Å². The second kappa shape index (κ2) is 19.0. The van der Waals surface area contributed by atoms with Gasteiger partial charge in [-0.2, -0.15) is 0 Å². The Morgan fingerprint density at radius 3 is 1.28 bits per heavy atom. The number of hydrogen-bond donors (Lipinski definition) is 0. The molecule has 398 valence electrons. The summed E-state index contributed by atoms with van der Waals surface area (Å²) in [5.74, 6) is 0. The highest BCUT2D eigenvalue weighted by Crippen LogP contribution is 2.64. The molecule has 18 rings (SSSR count). The van der Waals surface area contributed by atoms with Crippen LogP contribution in [0.2, 0.25) is 0 Å². The van der Waals surface area contributed by atoms with Gasteiger partial charge in [0, 0.05) is 16.9 Å². The number of fused-ring (bicyclic) bond motifs is 15. The van der Waals surface area contributed by atoms with Crippen LogP contribution in [0.25, 0.3) is 132 Å². The van der Waals surface area contributed by atoms with Gasteiger partial charge in [0.25, 0.3) is 0 Å². The van der Waals surface area contributed by atoms with Crippen molar-refractivity contribution >= 4 is 49.4 Å². The van der Waals surface area contributed by atoms with Gasteiger partial charge >= 0.3 is 0 Å². The Bertz CT molecular complexity index is 5110. The first-order valence-corrected chi connectivity index (χ1v) is 30.0. The van der Waals surface area contributed by atoms with E-state index < -0.39 is 5.41 Å². The first-order chi connectivity index (χ1) is 42.7. The molecule has 15 aromatic carbocycles. The maximum absolute atomic E-state index is 2.52. The summed E-state index contributed by atoms with van der Waals surface area (Å²) in [5.41, 5.74) is 30.5. The minimum atomic E-state index is -0.548. The number of nitrogens with zero attached hydrogens (tertiary/aromatic N) is 1. The smallest absolute Gasteiger partial charge is 0.0726 e. The largest absolute Gasteiger partial charge is 0.310 e. The highest BCUT2D eigenvalue weighted by Gasteiger charge is 2.52. The molecule has 3 aliphatic rings. The lowest BCUT2D eigenvalue weighted by Gasteiger charge is -2.33. The van der Waals surface area contributed by atoms with Crippen molar-refractivity contribution in [3.8, 4) is 100 Å². The zero-order valence-electron chi connectivity index (χ0n) is 47.0. The topological polar surface area (TPSA) is 3.24 Å². The van der Waals surface area contributed by atoms with Gasteiger partial charge in [-0.15, -0.1) is 0 Å². The Morgan fingerprint density at radius 1 is 0.209 bits per heavy atom. The molecular weight excluding hydrogens is 1030 g/mol. The average molecular weight is 1090 g/mol. The summed E-state index contributed by atoms with van der Waals surface area (Å²) in [7, 11) is 0. The van der Waals surface area contributed by atoms with Crippen LogP contribution in [0.4, 0.5) is 17.1 Å². The van der Waals surface area contributed by atoms with Crippen LogP contribution < -0.4 is 4.90 Å².